The summed E-state index contributed by atoms with van der Waals surface area (Å²) in [7, 11) is 1.88. The van der Waals surface area contributed by atoms with Crippen LogP contribution in [-0.2, 0) is 6.42 Å². The topological polar surface area (TPSA) is 52.6 Å². The first-order valence-electron chi connectivity index (χ1n) is 8.27. The van der Waals surface area contributed by atoms with Gasteiger partial charge in [-0.3, -0.25) is 0 Å². The Morgan fingerprint density at radius 1 is 1.23 bits per heavy atom. The maximum atomic E-state index is 12.2. The highest BCUT2D eigenvalue weighted by Gasteiger charge is 2.25. The van der Waals surface area contributed by atoms with Crippen molar-refractivity contribution in [3.63, 3.8) is 0 Å². The highest BCUT2D eigenvalue weighted by molar-refractivity contribution is 5.74. The van der Waals surface area contributed by atoms with Gasteiger partial charge in [0, 0.05) is 26.2 Å². The minimum atomic E-state index is 0.0135. The summed E-state index contributed by atoms with van der Waals surface area (Å²) in [6, 6.07) is 8.75. The Bertz CT molecular complexity index is 464. The lowest BCUT2D eigenvalue weighted by Gasteiger charge is -2.34. The number of hydrogen-bond donors (Lipinski definition) is 2. The quantitative estimate of drug-likeness (QED) is 0.879. The smallest absolute Gasteiger partial charge is 0.317 e. The van der Waals surface area contributed by atoms with Crippen LogP contribution in [0.1, 0.15) is 36.8 Å². The first-order chi connectivity index (χ1) is 10.6. The zero-order valence-electron chi connectivity index (χ0n) is 13.7. The van der Waals surface area contributed by atoms with E-state index in [2.05, 4.69) is 36.5 Å². The molecule has 22 heavy (non-hydrogen) atoms. The number of amides is 2. The van der Waals surface area contributed by atoms with Gasteiger partial charge in [0.05, 0.1) is 0 Å². The van der Waals surface area contributed by atoms with Crippen LogP contribution in [0.15, 0.2) is 24.3 Å². The Hall–Kier alpha value is -1.55. The Kier molecular flexibility index (Phi) is 6.25. The summed E-state index contributed by atoms with van der Waals surface area (Å²) in [6.07, 6.45) is 4.88. The number of carbonyl (C=O) groups excluding carboxylic acids is 1. The molecule has 1 saturated carbocycles. The van der Waals surface area contributed by atoms with Crippen molar-refractivity contribution < 1.29 is 9.90 Å². The van der Waals surface area contributed by atoms with Crippen LogP contribution in [0.4, 0.5) is 4.79 Å². The number of aliphatic hydroxyl groups excluding tert-OH is 1. The Balaban J connectivity index is 1.71. The summed E-state index contributed by atoms with van der Waals surface area (Å²) in [6.45, 7) is 3.02. The molecule has 2 rings (SSSR count). The van der Waals surface area contributed by atoms with E-state index in [0.717, 1.165) is 32.1 Å². The summed E-state index contributed by atoms with van der Waals surface area (Å²) in [5.41, 5.74) is 2.50. The third kappa shape index (κ3) is 4.73. The second kappa shape index (κ2) is 8.18. The van der Waals surface area contributed by atoms with Crippen molar-refractivity contribution in [2.45, 2.75) is 45.1 Å². The Morgan fingerprint density at radius 3 is 2.45 bits per heavy atom. The van der Waals surface area contributed by atoms with E-state index in [1.807, 2.05) is 11.9 Å². The molecule has 1 aromatic carbocycles. The lowest BCUT2D eigenvalue weighted by Crippen LogP contribution is -2.45. The zero-order valence-corrected chi connectivity index (χ0v) is 13.7. The maximum Gasteiger partial charge on any atom is 0.317 e. The first-order valence-corrected chi connectivity index (χ1v) is 8.27. The highest BCUT2D eigenvalue weighted by Crippen LogP contribution is 2.26. The average molecular weight is 304 g/mol. The maximum absolute atomic E-state index is 12.2. The van der Waals surface area contributed by atoms with E-state index < -0.39 is 0 Å². The van der Waals surface area contributed by atoms with E-state index in [4.69, 9.17) is 0 Å². The molecule has 1 fully saturated rings. The molecule has 1 aliphatic rings. The van der Waals surface area contributed by atoms with Gasteiger partial charge in [-0.2, -0.15) is 0 Å². The van der Waals surface area contributed by atoms with Crippen LogP contribution in [-0.4, -0.2) is 42.3 Å². The predicted molar refractivity (Wildman–Crippen MR) is 88.9 cm³/mol. The molecule has 0 bridgehead atoms. The molecule has 0 aromatic heterocycles. The third-order valence-corrected chi connectivity index (χ3v) is 4.75. The van der Waals surface area contributed by atoms with E-state index in [1.165, 1.54) is 11.1 Å². The number of hydrogen-bond acceptors (Lipinski definition) is 2. The fraction of sp³-hybridized carbons (Fsp3) is 0.611. The average Bonchev–Trinajstić information content (AvgIpc) is 2.56. The molecule has 0 aliphatic heterocycles. The van der Waals surface area contributed by atoms with E-state index in [0.29, 0.717) is 18.5 Å². The van der Waals surface area contributed by atoms with Crippen LogP contribution in [0.2, 0.25) is 0 Å². The largest absolute Gasteiger partial charge is 0.396 e. The highest BCUT2D eigenvalue weighted by atomic mass is 16.3. The molecular formula is C18H28N2O2. The molecule has 0 heterocycles. The van der Waals surface area contributed by atoms with E-state index in [-0.39, 0.29) is 12.6 Å². The van der Waals surface area contributed by atoms with Crippen LogP contribution in [0, 0.1) is 12.8 Å². The fourth-order valence-electron chi connectivity index (χ4n) is 3.07. The molecule has 1 aliphatic carbocycles. The summed E-state index contributed by atoms with van der Waals surface area (Å²) in [5.74, 6) is 0.425. The van der Waals surface area contributed by atoms with Gasteiger partial charge in [0.1, 0.15) is 0 Å². The number of rotatable bonds is 5. The SMILES string of the molecule is Cc1ccc(CCNC(=O)N(C)C2CCC(CO)CC2)cc1. The summed E-state index contributed by atoms with van der Waals surface area (Å²) < 4.78 is 0. The molecule has 1 aromatic rings. The standard InChI is InChI=1S/C18H28N2O2/c1-14-3-5-15(6-4-14)11-12-19-18(22)20(2)17-9-7-16(13-21)8-10-17/h3-6,16-17,21H,7-13H2,1-2H3,(H,19,22). The summed E-state index contributed by atoms with van der Waals surface area (Å²) in [5, 5.41) is 12.2. The van der Waals surface area contributed by atoms with Crippen molar-refractivity contribution in [2.24, 2.45) is 5.92 Å². The van der Waals surface area contributed by atoms with Crippen molar-refractivity contribution in [3.8, 4) is 0 Å². The van der Waals surface area contributed by atoms with Gasteiger partial charge in [0.2, 0.25) is 0 Å². The monoisotopic (exact) mass is 304 g/mol. The number of aliphatic hydroxyl groups is 1. The Morgan fingerprint density at radius 2 is 1.86 bits per heavy atom. The predicted octanol–water partition coefficient (Wildman–Crippen LogP) is 2.73. The van der Waals surface area contributed by atoms with Gasteiger partial charge in [-0.15, -0.1) is 0 Å². The van der Waals surface area contributed by atoms with Gasteiger partial charge in [-0.1, -0.05) is 29.8 Å². The first kappa shape index (κ1) is 16.8. The van der Waals surface area contributed by atoms with Crippen LogP contribution in [0.3, 0.4) is 0 Å². The van der Waals surface area contributed by atoms with Crippen molar-refractivity contribution in [2.75, 3.05) is 20.2 Å². The van der Waals surface area contributed by atoms with Crippen LogP contribution in [0.25, 0.3) is 0 Å². The number of aryl methyl sites for hydroxylation is 1. The second-order valence-corrected chi connectivity index (χ2v) is 6.44. The van der Waals surface area contributed by atoms with E-state index >= 15 is 0 Å². The van der Waals surface area contributed by atoms with Gasteiger partial charge in [-0.05, 0) is 50.5 Å². The number of nitrogens with one attached hydrogen (secondary N) is 1. The van der Waals surface area contributed by atoms with E-state index in [9.17, 15) is 9.90 Å². The lowest BCUT2D eigenvalue weighted by atomic mass is 9.86. The second-order valence-electron chi connectivity index (χ2n) is 6.44. The number of benzene rings is 1. The van der Waals surface area contributed by atoms with Gasteiger partial charge in [-0.25, -0.2) is 4.79 Å². The number of urea groups is 1. The molecule has 4 heteroatoms. The van der Waals surface area contributed by atoms with Crippen molar-refractivity contribution in [1.82, 2.24) is 10.2 Å². The van der Waals surface area contributed by atoms with Gasteiger partial charge in [0.25, 0.3) is 0 Å². The van der Waals surface area contributed by atoms with Crippen molar-refractivity contribution >= 4 is 6.03 Å². The lowest BCUT2D eigenvalue weighted by molar-refractivity contribution is 0.134. The summed E-state index contributed by atoms with van der Waals surface area (Å²) in [4.78, 5) is 14.0. The normalized spacial score (nSPS) is 21.4. The fourth-order valence-corrected chi connectivity index (χ4v) is 3.07. The minimum Gasteiger partial charge on any atom is -0.396 e. The van der Waals surface area contributed by atoms with E-state index in [1.54, 1.807) is 0 Å². The van der Waals surface area contributed by atoms with Crippen LogP contribution >= 0.6 is 0 Å². The third-order valence-electron chi connectivity index (χ3n) is 4.75. The van der Waals surface area contributed by atoms with Gasteiger partial charge >= 0.3 is 6.03 Å². The molecule has 2 N–H and O–H groups in total. The molecular weight excluding hydrogens is 276 g/mol. The Labute approximate surface area is 133 Å². The van der Waals surface area contributed by atoms with Gasteiger partial charge < -0.3 is 15.3 Å². The summed E-state index contributed by atoms with van der Waals surface area (Å²) >= 11 is 0. The zero-order chi connectivity index (χ0) is 15.9. The van der Waals surface area contributed by atoms with Gasteiger partial charge in [0.15, 0.2) is 0 Å². The molecule has 0 spiro atoms. The molecule has 0 saturated heterocycles. The molecule has 0 radical (unpaired) electrons. The van der Waals surface area contributed by atoms with Crippen LogP contribution in [0.5, 0.6) is 0 Å². The molecule has 122 valence electrons. The molecule has 0 atom stereocenters. The van der Waals surface area contributed by atoms with Crippen molar-refractivity contribution in [1.29, 1.82) is 0 Å². The molecule has 4 nitrogen and oxygen atoms in total. The number of nitrogens with zero attached hydrogens (tertiary/aromatic N) is 1. The van der Waals surface area contributed by atoms with Crippen molar-refractivity contribution in [3.05, 3.63) is 35.4 Å². The number of carbonyl (C=O) groups is 1. The minimum absolute atomic E-state index is 0.0135. The van der Waals surface area contributed by atoms with Crippen LogP contribution < -0.4 is 5.32 Å². The molecule has 0 unspecified atom stereocenters. The molecule has 2 amide bonds.